The molecule has 0 fully saturated rings. The highest BCUT2D eigenvalue weighted by Gasteiger charge is 2.06. The first-order valence-corrected chi connectivity index (χ1v) is 5.32. The molecule has 0 radical (unpaired) electrons. The van der Waals surface area contributed by atoms with Gasteiger partial charge in [0.2, 0.25) is 5.91 Å². The monoisotopic (exact) mass is 234 g/mol. The summed E-state index contributed by atoms with van der Waals surface area (Å²) in [7, 11) is 0. The molecule has 6 heteroatoms. The van der Waals surface area contributed by atoms with Gasteiger partial charge < -0.3 is 15.5 Å². The number of aryl methyl sites for hydroxylation is 1. The van der Waals surface area contributed by atoms with Gasteiger partial charge in [-0.2, -0.15) is 5.10 Å². The lowest BCUT2D eigenvalue weighted by atomic mass is 10.2. The average Bonchev–Trinajstić information content (AvgIpc) is 2.95. The van der Waals surface area contributed by atoms with Crippen molar-refractivity contribution in [2.75, 3.05) is 5.73 Å². The summed E-state index contributed by atoms with van der Waals surface area (Å²) in [5.41, 5.74) is 6.38. The predicted octanol–water partition coefficient (Wildman–Crippen LogP) is 0.834. The van der Waals surface area contributed by atoms with E-state index in [0.717, 1.165) is 11.3 Å². The number of nitrogens with one attached hydrogen (secondary N) is 2. The summed E-state index contributed by atoms with van der Waals surface area (Å²) in [6.07, 6.45) is 4.19. The van der Waals surface area contributed by atoms with Crippen molar-refractivity contribution in [1.29, 1.82) is 0 Å². The molecule has 2 heterocycles. The highest BCUT2D eigenvalue weighted by atomic mass is 16.3. The second-order valence-electron chi connectivity index (χ2n) is 3.67. The largest absolute Gasteiger partial charge is 0.469 e. The van der Waals surface area contributed by atoms with Gasteiger partial charge in [-0.1, -0.05) is 0 Å². The normalized spacial score (nSPS) is 10.4. The Morgan fingerprint density at radius 3 is 3.12 bits per heavy atom. The lowest BCUT2D eigenvalue weighted by Gasteiger charge is -2.03. The van der Waals surface area contributed by atoms with Gasteiger partial charge in [-0.3, -0.25) is 9.89 Å². The number of rotatable bonds is 5. The van der Waals surface area contributed by atoms with Crippen LogP contribution < -0.4 is 11.1 Å². The van der Waals surface area contributed by atoms with E-state index in [2.05, 4.69) is 15.5 Å². The molecule has 17 heavy (non-hydrogen) atoms. The molecule has 0 saturated carbocycles. The molecule has 0 atom stereocenters. The maximum absolute atomic E-state index is 11.5. The van der Waals surface area contributed by atoms with Crippen LogP contribution in [0.1, 0.15) is 17.7 Å². The van der Waals surface area contributed by atoms with Crippen molar-refractivity contribution >= 4 is 11.7 Å². The molecule has 0 aliphatic heterocycles. The molecule has 2 rings (SSSR count). The van der Waals surface area contributed by atoms with Crippen LogP contribution in [0, 0.1) is 0 Å². The Hall–Kier alpha value is -2.24. The standard InChI is InChI=1S/C11H14N4O2/c12-11-8(7-14-15-11)6-13-10(16)4-3-9-2-1-5-17-9/h1-2,5,7H,3-4,6H2,(H,13,16)(H3,12,14,15). The molecule has 0 bridgehead atoms. The third-order valence-corrected chi connectivity index (χ3v) is 2.41. The molecule has 0 aliphatic rings. The van der Waals surface area contributed by atoms with Gasteiger partial charge in [-0.05, 0) is 12.1 Å². The van der Waals surface area contributed by atoms with Crippen LogP contribution in [0.3, 0.4) is 0 Å². The number of nitrogens with zero attached hydrogens (tertiary/aromatic N) is 1. The summed E-state index contributed by atoms with van der Waals surface area (Å²) in [5.74, 6) is 1.25. The molecule has 0 aromatic carbocycles. The number of amides is 1. The van der Waals surface area contributed by atoms with Crippen LogP contribution in [0.15, 0.2) is 29.0 Å². The van der Waals surface area contributed by atoms with E-state index in [1.54, 1.807) is 18.5 Å². The van der Waals surface area contributed by atoms with E-state index in [9.17, 15) is 4.79 Å². The van der Waals surface area contributed by atoms with Gasteiger partial charge in [0.15, 0.2) is 0 Å². The van der Waals surface area contributed by atoms with Crippen molar-refractivity contribution in [3.63, 3.8) is 0 Å². The molecule has 4 N–H and O–H groups in total. The molecule has 0 aliphatic carbocycles. The van der Waals surface area contributed by atoms with E-state index in [1.807, 2.05) is 6.07 Å². The zero-order chi connectivity index (χ0) is 12.1. The van der Waals surface area contributed by atoms with Crippen LogP contribution in [0.4, 0.5) is 5.82 Å². The molecule has 2 aromatic heterocycles. The first kappa shape index (κ1) is 11.3. The van der Waals surface area contributed by atoms with Gasteiger partial charge in [0, 0.05) is 24.9 Å². The van der Waals surface area contributed by atoms with E-state index in [-0.39, 0.29) is 5.91 Å². The van der Waals surface area contributed by atoms with Gasteiger partial charge in [-0.15, -0.1) is 0 Å². The summed E-state index contributed by atoms with van der Waals surface area (Å²) in [6.45, 7) is 0.388. The Morgan fingerprint density at radius 1 is 1.59 bits per heavy atom. The third kappa shape index (κ3) is 3.10. The minimum absolute atomic E-state index is 0.0398. The second-order valence-corrected chi connectivity index (χ2v) is 3.67. The fourth-order valence-electron chi connectivity index (χ4n) is 1.44. The van der Waals surface area contributed by atoms with Crippen molar-refractivity contribution in [3.05, 3.63) is 35.9 Å². The van der Waals surface area contributed by atoms with Gasteiger partial charge in [0.25, 0.3) is 0 Å². The van der Waals surface area contributed by atoms with Crippen LogP contribution in [0.25, 0.3) is 0 Å². The zero-order valence-electron chi connectivity index (χ0n) is 9.27. The second kappa shape index (κ2) is 5.20. The fourth-order valence-corrected chi connectivity index (χ4v) is 1.44. The lowest BCUT2D eigenvalue weighted by Crippen LogP contribution is -2.23. The predicted molar refractivity (Wildman–Crippen MR) is 61.9 cm³/mol. The molecular weight excluding hydrogens is 220 g/mol. The molecule has 1 amide bonds. The maximum atomic E-state index is 11.5. The van der Waals surface area contributed by atoms with E-state index in [0.29, 0.717) is 25.2 Å². The third-order valence-electron chi connectivity index (χ3n) is 2.41. The Morgan fingerprint density at radius 2 is 2.47 bits per heavy atom. The number of H-pyrrole nitrogens is 1. The summed E-state index contributed by atoms with van der Waals surface area (Å²) in [4.78, 5) is 11.5. The Kier molecular flexibility index (Phi) is 3.44. The average molecular weight is 234 g/mol. The molecule has 90 valence electrons. The first-order valence-electron chi connectivity index (χ1n) is 5.32. The van der Waals surface area contributed by atoms with Crippen LogP contribution in [0.2, 0.25) is 0 Å². The lowest BCUT2D eigenvalue weighted by molar-refractivity contribution is -0.121. The minimum atomic E-state index is -0.0398. The van der Waals surface area contributed by atoms with Crippen molar-refractivity contribution in [3.8, 4) is 0 Å². The van der Waals surface area contributed by atoms with Gasteiger partial charge in [0.1, 0.15) is 11.6 Å². The summed E-state index contributed by atoms with van der Waals surface area (Å²) < 4.78 is 5.14. The van der Waals surface area contributed by atoms with Crippen LogP contribution in [0.5, 0.6) is 0 Å². The van der Waals surface area contributed by atoms with Gasteiger partial charge in [-0.25, -0.2) is 0 Å². The number of hydrogen-bond donors (Lipinski definition) is 3. The van der Waals surface area contributed by atoms with Gasteiger partial charge in [0.05, 0.1) is 12.5 Å². The van der Waals surface area contributed by atoms with Gasteiger partial charge >= 0.3 is 0 Å². The highest BCUT2D eigenvalue weighted by molar-refractivity contribution is 5.76. The number of nitrogens with two attached hydrogens (primary N) is 1. The quantitative estimate of drug-likeness (QED) is 0.714. The Bertz CT molecular complexity index is 475. The zero-order valence-corrected chi connectivity index (χ0v) is 9.27. The number of carbonyl (C=O) groups excluding carboxylic acids is 1. The van der Waals surface area contributed by atoms with Crippen molar-refractivity contribution in [1.82, 2.24) is 15.5 Å². The number of aromatic amines is 1. The highest BCUT2D eigenvalue weighted by Crippen LogP contribution is 2.06. The number of anilines is 1. The van der Waals surface area contributed by atoms with Crippen LogP contribution in [-0.4, -0.2) is 16.1 Å². The van der Waals surface area contributed by atoms with Crippen molar-refractivity contribution in [2.45, 2.75) is 19.4 Å². The number of nitrogen functional groups attached to an aromatic ring is 1. The van der Waals surface area contributed by atoms with E-state index >= 15 is 0 Å². The summed E-state index contributed by atoms with van der Waals surface area (Å²) in [5, 5.41) is 9.15. The van der Waals surface area contributed by atoms with Crippen LogP contribution >= 0.6 is 0 Å². The topological polar surface area (TPSA) is 96.9 Å². The SMILES string of the molecule is Nc1[nH]ncc1CNC(=O)CCc1ccco1. The molecular formula is C11H14N4O2. The summed E-state index contributed by atoms with van der Waals surface area (Å²) in [6, 6.07) is 3.65. The van der Waals surface area contributed by atoms with E-state index < -0.39 is 0 Å². The molecule has 0 unspecified atom stereocenters. The maximum Gasteiger partial charge on any atom is 0.220 e. The van der Waals surface area contributed by atoms with E-state index in [4.69, 9.17) is 10.2 Å². The fraction of sp³-hybridized carbons (Fsp3) is 0.273. The van der Waals surface area contributed by atoms with Crippen LogP contribution in [-0.2, 0) is 17.8 Å². The Balaban J connectivity index is 1.73. The smallest absolute Gasteiger partial charge is 0.220 e. The number of hydrogen-bond acceptors (Lipinski definition) is 4. The molecule has 0 spiro atoms. The number of furan rings is 1. The van der Waals surface area contributed by atoms with E-state index in [1.165, 1.54) is 0 Å². The minimum Gasteiger partial charge on any atom is -0.469 e. The molecule has 0 saturated heterocycles. The number of aromatic nitrogens is 2. The summed E-state index contributed by atoms with van der Waals surface area (Å²) >= 11 is 0. The molecule has 6 nitrogen and oxygen atoms in total. The Labute approximate surface area is 98.2 Å². The van der Waals surface area contributed by atoms with Crippen molar-refractivity contribution < 1.29 is 9.21 Å². The number of carbonyl (C=O) groups is 1. The first-order chi connectivity index (χ1) is 8.25. The molecule has 2 aromatic rings. The van der Waals surface area contributed by atoms with Crippen molar-refractivity contribution in [2.24, 2.45) is 0 Å².